The van der Waals surface area contributed by atoms with Crippen molar-refractivity contribution >= 4 is 12.6 Å². The van der Waals surface area contributed by atoms with E-state index < -0.39 is 0 Å². The molecule has 0 bridgehead atoms. The second kappa shape index (κ2) is 6.25. The molecular weight excluding hydrogens is 252 g/mol. The van der Waals surface area contributed by atoms with Gasteiger partial charge in [0, 0.05) is 28.6 Å². The Morgan fingerprint density at radius 3 is 2.21 bits per heavy atom. The van der Waals surface area contributed by atoms with E-state index in [0.717, 1.165) is 18.6 Å². The maximum absolute atomic E-state index is 4.20. The van der Waals surface area contributed by atoms with Gasteiger partial charge in [0.2, 0.25) is 0 Å². The minimum Gasteiger partial charge on any atom is -0.388 e. The van der Waals surface area contributed by atoms with Crippen LogP contribution in [0.4, 0.5) is 0 Å². The summed E-state index contributed by atoms with van der Waals surface area (Å²) in [5, 5.41) is 3.54. The van der Waals surface area contributed by atoms with Crippen molar-refractivity contribution in [3.63, 3.8) is 0 Å². The van der Waals surface area contributed by atoms with Gasteiger partial charge in [-0.1, -0.05) is 12.2 Å². The lowest BCUT2D eigenvalue weighted by atomic mass is 9.76. The van der Waals surface area contributed by atoms with E-state index in [4.69, 9.17) is 0 Å². The van der Waals surface area contributed by atoms with E-state index in [-0.39, 0.29) is 11.1 Å². The molecule has 0 aliphatic carbocycles. The summed E-state index contributed by atoms with van der Waals surface area (Å²) in [6, 6.07) is 0.530. The lowest BCUT2D eigenvalue weighted by Crippen LogP contribution is -2.62. The molecule has 0 amide bonds. The summed E-state index contributed by atoms with van der Waals surface area (Å²) in [5.41, 5.74) is 1.72. The first-order valence-electron chi connectivity index (χ1n) is 7.20. The maximum Gasteiger partial charge on any atom is 0.0367 e. The highest BCUT2D eigenvalue weighted by Crippen LogP contribution is 2.41. The van der Waals surface area contributed by atoms with E-state index in [2.05, 4.69) is 82.7 Å². The molecule has 0 radical (unpaired) electrons. The van der Waals surface area contributed by atoms with Crippen LogP contribution in [0, 0.1) is 0 Å². The molecule has 0 atom stereocenters. The smallest absolute Gasteiger partial charge is 0.0367 e. The summed E-state index contributed by atoms with van der Waals surface area (Å²) in [4.78, 5) is 2.58. The maximum atomic E-state index is 4.20. The number of likely N-dealkylation sites (tertiary alicyclic amines) is 1. The van der Waals surface area contributed by atoms with Crippen molar-refractivity contribution in [1.82, 2.24) is 10.2 Å². The van der Waals surface area contributed by atoms with Crippen molar-refractivity contribution in [3.05, 3.63) is 24.0 Å². The largest absolute Gasteiger partial charge is 0.388 e. The summed E-state index contributed by atoms with van der Waals surface area (Å²) >= 11 is 4.20. The predicted octanol–water partition coefficient (Wildman–Crippen LogP) is 3.96. The van der Waals surface area contributed by atoms with E-state index in [1.54, 1.807) is 0 Å². The molecule has 1 fully saturated rings. The van der Waals surface area contributed by atoms with Crippen molar-refractivity contribution in [3.8, 4) is 0 Å². The number of nitrogens with zero attached hydrogens (tertiary/aromatic N) is 1. The molecule has 1 aliphatic heterocycles. The lowest BCUT2D eigenvalue weighted by Gasteiger charge is -2.57. The average molecular weight is 282 g/mol. The third-order valence-electron chi connectivity index (χ3n) is 4.03. The number of hydrogen-bond donors (Lipinski definition) is 2. The summed E-state index contributed by atoms with van der Waals surface area (Å²) in [5.74, 6) is 0.788. The molecule has 0 saturated carbocycles. The van der Waals surface area contributed by atoms with Crippen LogP contribution in [-0.4, -0.2) is 27.8 Å². The topological polar surface area (TPSA) is 15.3 Å². The zero-order valence-electron chi connectivity index (χ0n) is 13.3. The molecule has 1 aliphatic rings. The number of nitrogens with one attached hydrogen (secondary N) is 1. The number of piperidine rings is 1. The van der Waals surface area contributed by atoms with Crippen LogP contribution in [0.15, 0.2) is 24.0 Å². The van der Waals surface area contributed by atoms with Crippen LogP contribution in [-0.2, 0) is 0 Å². The van der Waals surface area contributed by atoms with Gasteiger partial charge >= 0.3 is 0 Å². The van der Waals surface area contributed by atoms with Crippen LogP contribution >= 0.6 is 12.6 Å². The summed E-state index contributed by atoms with van der Waals surface area (Å²) < 4.78 is 0. The second-order valence-corrected chi connectivity index (χ2v) is 7.11. The normalized spacial score (nSPS) is 23.9. The molecule has 1 N–H and O–H groups in total. The highest BCUT2D eigenvalue weighted by atomic mass is 32.1. The predicted molar refractivity (Wildman–Crippen MR) is 88.6 cm³/mol. The minimum absolute atomic E-state index is 0.171. The first-order valence-corrected chi connectivity index (χ1v) is 7.83. The molecule has 0 aromatic carbocycles. The zero-order chi connectivity index (χ0) is 14.7. The van der Waals surface area contributed by atoms with Crippen LogP contribution in [0.1, 0.15) is 54.4 Å². The van der Waals surface area contributed by atoms with Gasteiger partial charge in [-0.05, 0) is 60.6 Å². The number of rotatable bonds is 4. The molecule has 1 rings (SSSR count). The van der Waals surface area contributed by atoms with E-state index in [1.807, 2.05) is 0 Å². The van der Waals surface area contributed by atoms with Crippen molar-refractivity contribution in [2.45, 2.75) is 71.5 Å². The van der Waals surface area contributed by atoms with Crippen LogP contribution in [0.3, 0.4) is 0 Å². The van der Waals surface area contributed by atoms with Crippen molar-refractivity contribution < 1.29 is 0 Å². The molecular formula is C16H30N2S. The first-order chi connectivity index (χ1) is 8.74. The molecule has 0 aromatic heterocycles. The highest BCUT2D eigenvalue weighted by Gasteiger charge is 2.44. The monoisotopic (exact) mass is 282 g/mol. The first kappa shape index (κ1) is 16.5. The molecule has 0 unspecified atom stereocenters. The molecule has 0 spiro atoms. The van der Waals surface area contributed by atoms with Crippen molar-refractivity contribution in [2.75, 3.05) is 5.75 Å². The van der Waals surface area contributed by atoms with Gasteiger partial charge in [-0.25, -0.2) is 0 Å². The van der Waals surface area contributed by atoms with E-state index in [9.17, 15) is 0 Å². The Bertz CT molecular complexity index is 338. The third kappa shape index (κ3) is 3.95. The van der Waals surface area contributed by atoms with Crippen LogP contribution < -0.4 is 5.32 Å². The fourth-order valence-corrected chi connectivity index (χ4v) is 3.84. The summed E-state index contributed by atoms with van der Waals surface area (Å²) in [7, 11) is 0. The second-order valence-electron chi connectivity index (χ2n) is 6.75. The molecule has 19 heavy (non-hydrogen) atoms. The fraction of sp³-hybridized carbons (Fsp3) is 0.750. The molecule has 110 valence electrons. The third-order valence-corrected chi connectivity index (χ3v) is 4.24. The molecule has 2 nitrogen and oxygen atoms in total. The van der Waals surface area contributed by atoms with E-state index >= 15 is 0 Å². The Morgan fingerprint density at radius 2 is 1.79 bits per heavy atom. The number of allylic oxidation sites excluding steroid dienone is 2. The average Bonchev–Trinajstić information content (AvgIpc) is 2.25. The zero-order valence-corrected chi connectivity index (χ0v) is 14.2. The van der Waals surface area contributed by atoms with Crippen LogP contribution in [0.2, 0.25) is 0 Å². The molecule has 1 saturated heterocycles. The molecule has 1 heterocycles. The number of hydrogen-bond acceptors (Lipinski definition) is 3. The van der Waals surface area contributed by atoms with Crippen molar-refractivity contribution in [1.29, 1.82) is 0 Å². The molecule has 3 heteroatoms. The Hall–Kier alpha value is -0.570. The van der Waals surface area contributed by atoms with Gasteiger partial charge in [0.05, 0.1) is 0 Å². The van der Waals surface area contributed by atoms with Crippen LogP contribution in [0.25, 0.3) is 0 Å². The van der Waals surface area contributed by atoms with E-state index in [0.29, 0.717) is 6.04 Å². The van der Waals surface area contributed by atoms with Crippen molar-refractivity contribution in [2.24, 2.45) is 0 Å². The Morgan fingerprint density at radius 1 is 1.26 bits per heavy atom. The summed E-state index contributed by atoms with van der Waals surface area (Å²) in [6.45, 7) is 13.7. The van der Waals surface area contributed by atoms with Gasteiger partial charge in [-0.2, -0.15) is 12.6 Å². The highest BCUT2D eigenvalue weighted by molar-refractivity contribution is 7.80. The fourth-order valence-electron chi connectivity index (χ4n) is 3.74. The summed E-state index contributed by atoms with van der Waals surface area (Å²) in [6.07, 6.45) is 8.64. The van der Waals surface area contributed by atoms with Crippen LogP contribution in [0.5, 0.6) is 0 Å². The Kier molecular flexibility index (Phi) is 5.43. The van der Waals surface area contributed by atoms with Gasteiger partial charge in [0.15, 0.2) is 0 Å². The quantitative estimate of drug-likeness (QED) is 0.759. The van der Waals surface area contributed by atoms with E-state index in [1.165, 1.54) is 5.70 Å². The Balaban J connectivity index is 2.90. The lowest BCUT2D eigenvalue weighted by molar-refractivity contribution is -0.00798. The Labute approximate surface area is 124 Å². The standard InChI is InChI=1S/C16H30N2S/c1-7-13(2)18-15(3,4)11-14(12-16(18,5)6)17-9-8-10-19/h7-9,14,17,19H,10-12H2,1-6H3. The van der Waals surface area contributed by atoms with Gasteiger partial charge in [-0.3, -0.25) is 0 Å². The SMILES string of the molecule is CC=C(C)N1C(C)(C)CC(NC=CCS)CC1(C)C. The molecule has 0 aromatic rings. The number of thiol groups is 1. The van der Waals surface area contributed by atoms with Gasteiger partial charge in [0.25, 0.3) is 0 Å². The van der Waals surface area contributed by atoms with Gasteiger partial charge < -0.3 is 10.2 Å². The van der Waals surface area contributed by atoms with Gasteiger partial charge in [0.1, 0.15) is 0 Å². The minimum atomic E-state index is 0.171. The van der Waals surface area contributed by atoms with Gasteiger partial charge in [-0.15, -0.1) is 0 Å².